The fourth-order valence-corrected chi connectivity index (χ4v) is 1.62. The van der Waals surface area contributed by atoms with Gasteiger partial charge in [-0.1, -0.05) is 11.6 Å². The maximum absolute atomic E-state index is 13.1. The molecule has 3 nitrogen and oxygen atoms in total. The van der Waals surface area contributed by atoms with Gasteiger partial charge in [0.1, 0.15) is 11.9 Å². The normalized spacial score (nSPS) is 9.74. The lowest BCUT2D eigenvalue weighted by molar-refractivity contribution is 0.102. The van der Waals surface area contributed by atoms with Gasteiger partial charge in [-0.05, 0) is 42.5 Å². The predicted octanol–water partition coefficient (Wildman–Crippen LogP) is 3.60. The summed E-state index contributed by atoms with van der Waals surface area (Å²) < 4.78 is 13.1. The quantitative estimate of drug-likeness (QED) is 0.909. The third-order valence-corrected chi connectivity index (χ3v) is 2.70. The lowest BCUT2D eigenvalue weighted by atomic mass is 10.2. The number of amides is 1. The van der Waals surface area contributed by atoms with Crippen LogP contribution in [0.5, 0.6) is 0 Å². The number of hydrogen-bond donors (Lipinski definition) is 1. The second kappa shape index (κ2) is 5.51. The maximum Gasteiger partial charge on any atom is 0.255 e. The van der Waals surface area contributed by atoms with Crippen molar-refractivity contribution >= 4 is 23.2 Å². The standard InChI is InChI=1S/C14H8ClFN2O/c15-11-3-1-9(2-4-11)14(19)18-12-5-6-13(16)10(7-12)8-17/h1-7H,(H,18,19). The number of nitrogens with one attached hydrogen (secondary N) is 1. The Kier molecular flexibility index (Phi) is 3.79. The number of anilines is 1. The summed E-state index contributed by atoms with van der Waals surface area (Å²) in [5.74, 6) is -0.973. The number of hydrogen-bond acceptors (Lipinski definition) is 2. The molecule has 0 aliphatic carbocycles. The molecule has 0 aromatic heterocycles. The number of carbonyl (C=O) groups excluding carboxylic acids is 1. The van der Waals surface area contributed by atoms with Crippen LogP contribution >= 0.6 is 11.6 Å². The Morgan fingerprint density at radius 1 is 1.21 bits per heavy atom. The summed E-state index contributed by atoms with van der Waals surface area (Å²) in [5, 5.41) is 11.8. The Labute approximate surface area is 114 Å². The zero-order valence-electron chi connectivity index (χ0n) is 9.65. The van der Waals surface area contributed by atoms with Crippen LogP contribution in [0.15, 0.2) is 42.5 Å². The number of halogens is 2. The SMILES string of the molecule is N#Cc1cc(NC(=O)c2ccc(Cl)cc2)ccc1F. The molecule has 0 aliphatic rings. The molecule has 1 N–H and O–H groups in total. The fraction of sp³-hybridized carbons (Fsp3) is 0. The second-order valence-corrected chi connectivity index (χ2v) is 4.20. The van der Waals surface area contributed by atoms with Crippen molar-refractivity contribution in [1.82, 2.24) is 0 Å². The van der Waals surface area contributed by atoms with Crippen LogP contribution in [0, 0.1) is 17.1 Å². The van der Waals surface area contributed by atoms with Gasteiger partial charge in [-0.15, -0.1) is 0 Å². The molecule has 0 bridgehead atoms. The van der Waals surface area contributed by atoms with Crippen molar-refractivity contribution in [2.75, 3.05) is 5.32 Å². The van der Waals surface area contributed by atoms with Crippen LogP contribution in [0.1, 0.15) is 15.9 Å². The van der Waals surface area contributed by atoms with E-state index in [2.05, 4.69) is 5.32 Å². The van der Waals surface area contributed by atoms with Crippen LogP contribution in [-0.2, 0) is 0 Å². The topological polar surface area (TPSA) is 52.9 Å². The zero-order valence-corrected chi connectivity index (χ0v) is 10.4. The number of nitrogens with zero attached hydrogens (tertiary/aromatic N) is 1. The summed E-state index contributed by atoms with van der Waals surface area (Å²) in [6, 6.07) is 11.9. The monoisotopic (exact) mass is 274 g/mol. The highest BCUT2D eigenvalue weighted by atomic mass is 35.5. The molecule has 0 saturated carbocycles. The predicted molar refractivity (Wildman–Crippen MR) is 70.5 cm³/mol. The molecule has 19 heavy (non-hydrogen) atoms. The van der Waals surface area contributed by atoms with Gasteiger partial charge in [0.2, 0.25) is 0 Å². The van der Waals surface area contributed by atoms with E-state index in [4.69, 9.17) is 16.9 Å². The summed E-state index contributed by atoms with van der Waals surface area (Å²) in [5.41, 5.74) is 0.666. The van der Waals surface area contributed by atoms with Gasteiger partial charge in [-0.3, -0.25) is 4.79 Å². The van der Waals surface area contributed by atoms with Crippen molar-refractivity contribution in [2.24, 2.45) is 0 Å². The highest BCUT2D eigenvalue weighted by Gasteiger charge is 2.08. The lowest BCUT2D eigenvalue weighted by Gasteiger charge is -2.06. The Morgan fingerprint density at radius 3 is 2.53 bits per heavy atom. The molecule has 2 rings (SSSR count). The molecular weight excluding hydrogens is 267 g/mol. The molecule has 0 unspecified atom stereocenters. The molecule has 0 atom stereocenters. The highest BCUT2D eigenvalue weighted by Crippen LogP contribution is 2.16. The van der Waals surface area contributed by atoms with Crippen molar-refractivity contribution in [3.8, 4) is 6.07 Å². The van der Waals surface area contributed by atoms with E-state index in [9.17, 15) is 9.18 Å². The van der Waals surface area contributed by atoms with Gasteiger partial charge >= 0.3 is 0 Å². The summed E-state index contributed by atoms with van der Waals surface area (Å²) >= 11 is 5.72. The number of nitriles is 1. The molecule has 94 valence electrons. The molecule has 0 heterocycles. The Bertz CT molecular complexity index is 662. The van der Waals surface area contributed by atoms with E-state index in [1.807, 2.05) is 0 Å². The third-order valence-electron chi connectivity index (χ3n) is 2.45. The summed E-state index contributed by atoms with van der Waals surface area (Å²) in [7, 11) is 0. The average molecular weight is 275 g/mol. The van der Waals surface area contributed by atoms with Gasteiger partial charge in [0.25, 0.3) is 5.91 Å². The smallest absolute Gasteiger partial charge is 0.255 e. The molecule has 2 aromatic carbocycles. The van der Waals surface area contributed by atoms with Crippen LogP contribution < -0.4 is 5.32 Å². The van der Waals surface area contributed by atoms with Crippen LogP contribution in [0.3, 0.4) is 0 Å². The zero-order chi connectivity index (χ0) is 13.8. The molecule has 1 amide bonds. The van der Waals surface area contributed by atoms with Gasteiger partial charge in [-0.2, -0.15) is 5.26 Å². The number of benzene rings is 2. The molecular formula is C14H8ClFN2O. The molecule has 0 aliphatic heterocycles. The van der Waals surface area contributed by atoms with Gasteiger partial charge in [-0.25, -0.2) is 4.39 Å². The van der Waals surface area contributed by atoms with Crippen LogP contribution in [0.4, 0.5) is 10.1 Å². The van der Waals surface area contributed by atoms with E-state index in [1.165, 1.54) is 12.1 Å². The number of carbonyl (C=O) groups is 1. The van der Waals surface area contributed by atoms with Crippen LogP contribution in [-0.4, -0.2) is 5.91 Å². The van der Waals surface area contributed by atoms with Crippen molar-refractivity contribution < 1.29 is 9.18 Å². The summed E-state index contributed by atoms with van der Waals surface area (Å²) in [4.78, 5) is 11.9. The molecule has 0 saturated heterocycles. The first kappa shape index (κ1) is 13.1. The van der Waals surface area contributed by atoms with Gasteiger partial charge in [0, 0.05) is 16.3 Å². The molecule has 0 spiro atoms. The van der Waals surface area contributed by atoms with Gasteiger partial charge in [0.05, 0.1) is 5.56 Å². The maximum atomic E-state index is 13.1. The fourth-order valence-electron chi connectivity index (χ4n) is 1.49. The van der Waals surface area contributed by atoms with Gasteiger partial charge in [0.15, 0.2) is 0 Å². The van der Waals surface area contributed by atoms with Crippen molar-refractivity contribution in [1.29, 1.82) is 5.26 Å². The van der Waals surface area contributed by atoms with E-state index in [0.29, 0.717) is 16.3 Å². The van der Waals surface area contributed by atoms with E-state index in [-0.39, 0.29) is 11.5 Å². The Hall–Kier alpha value is -2.38. The average Bonchev–Trinajstić information content (AvgIpc) is 2.41. The van der Waals surface area contributed by atoms with E-state index >= 15 is 0 Å². The second-order valence-electron chi connectivity index (χ2n) is 3.77. The van der Waals surface area contributed by atoms with Gasteiger partial charge < -0.3 is 5.32 Å². The largest absolute Gasteiger partial charge is 0.322 e. The minimum Gasteiger partial charge on any atom is -0.322 e. The Balaban J connectivity index is 2.20. The minimum absolute atomic E-state index is 0.117. The lowest BCUT2D eigenvalue weighted by Crippen LogP contribution is -2.11. The van der Waals surface area contributed by atoms with Crippen molar-refractivity contribution in [3.63, 3.8) is 0 Å². The summed E-state index contributed by atoms with van der Waals surface area (Å²) in [6.45, 7) is 0. The van der Waals surface area contributed by atoms with E-state index in [1.54, 1.807) is 30.3 Å². The first-order valence-corrected chi connectivity index (χ1v) is 5.74. The van der Waals surface area contributed by atoms with E-state index < -0.39 is 5.82 Å². The first-order valence-electron chi connectivity index (χ1n) is 5.37. The molecule has 0 fully saturated rings. The van der Waals surface area contributed by atoms with Crippen LogP contribution in [0.2, 0.25) is 5.02 Å². The molecule has 2 aromatic rings. The third kappa shape index (κ3) is 3.09. The van der Waals surface area contributed by atoms with E-state index in [0.717, 1.165) is 6.07 Å². The minimum atomic E-state index is -0.619. The van der Waals surface area contributed by atoms with Crippen molar-refractivity contribution in [2.45, 2.75) is 0 Å². The molecule has 0 radical (unpaired) electrons. The van der Waals surface area contributed by atoms with Crippen LogP contribution in [0.25, 0.3) is 0 Å². The first-order chi connectivity index (χ1) is 9.10. The number of rotatable bonds is 2. The van der Waals surface area contributed by atoms with Crippen molar-refractivity contribution in [3.05, 3.63) is 64.4 Å². The summed E-state index contributed by atoms with van der Waals surface area (Å²) in [6.07, 6.45) is 0. The highest BCUT2D eigenvalue weighted by molar-refractivity contribution is 6.30. The molecule has 5 heteroatoms. The Morgan fingerprint density at radius 2 is 1.89 bits per heavy atom.